The van der Waals surface area contributed by atoms with E-state index < -0.39 is 15.9 Å². The number of aryl methyl sites for hydroxylation is 1. The van der Waals surface area contributed by atoms with Crippen LogP contribution in [0, 0.1) is 6.92 Å². The van der Waals surface area contributed by atoms with Gasteiger partial charge in [0.05, 0.1) is 23.4 Å². The highest BCUT2D eigenvalue weighted by Gasteiger charge is 2.21. The lowest BCUT2D eigenvalue weighted by molar-refractivity contribution is 0.0955. The van der Waals surface area contributed by atoms with Crippen LogP contribution in [0.3, 0.4) is 0 Å². The van der Waals surface area contributed by atoms with Crippen molar-refractivity contribution in [3.05, 3.63) is 89.5 Å². The number of nitrogens with zero attached hydrogens (tertiary/aromatic N) is 2. The molecular weight excluding hydrogens is 426 g/mol. The zero-order chi connectivity index (χ0) is 23.1. The van der Waals surface area contributed by atoms with E-state index in [2.05, 4.69) is 10.5 Å². The second kappa shape index (κ2) is 10.1. The lowest BCUT2D eigenvalue weighted by atomic mass is 10.2. The second-order valence-corrected chi connectivity index (χ2v) is 9.00. The number of benzene rings is 3. The first-order valence-corrected chi connectivity index (χ1v) is 11.5. The average Bonchev–Trinajstić information content (AvgIpc) is 2.80. The van der Waals surface area contributed by atoms with Crippen LogP contribution in [-0.4, -0.2) is 34.2 Å². The number of hydrazone groups is 1. The quantitative estimate of drug-likeness (QED) is 0.414. The molecule has 3 rings (SSSR count). The van der Waals surface area contributed by atoms with Crippen molar-refractivity contribution in [2.24, 2.45) is 5.10 Å². The molecule has 0 aromatic heterocycles. The predicted molar refractivity (Wildman–Crippen MR) is 126 cm³/mol. The molecule has 8 heteroatoms. The summed E-state index contributed by atoms with van der Waals surface area (Å²) in [5.41, 5.74) is 5.06. The number of rotatable bonds is 8. The van der Waals surface area contributed by atoms with Crippen molar-refractivity contribution in [3.8, 4) is 5.75 Å². The minimum atomic E-state index is -3.69. The minimum Gasteiger partial charge on any atom is -0.494 e. The van der Waals surface area contributed by atoms with Gasteiger partial charge >= 0.3 is 0 Å². The van der Waals surface area contributed by atoms with Gasteiger partial charge in [0.25, 0.3) is 15.9 Å². The fourth-order valence-corrected chi connectivity index (χ4v) is 4.07. The lowest BCUT2D eigenvalue weighted by Gasteiger charge is -2.19. The van der Waals surface area contributed by atoms with E-state index in [4.69, 9.17) is 4.74 Å². The fraction of sp³-hybridized carbons (Fsp3) is 0.167. The van der Waals surface area contributed by atoms with Crippen molar-refractivity contribution in [2.75, 3.05) is 18.0 Å². The maximum Gasteiger partial charge on any atom is 0.271 e. The molecule has 0 radical (unpaired) electrons. The molecule has 0 saturated carbocycles. The fourth-order valence-electron chi connectivity index (χ4n) is 2.88. The van der Waals surface area contributed by atoms with Crippen molar-refractivity contribution in [2.45, 2.75) is 18.7 Å². The maximum atomic E-state index is 12.8. The molecule has 0 fully saturated rings. The zero-order valence-electron chi connectivity index (χ0n) is 18.1. The van der Waals surface area contributed by atoms with Crippen LogP contribution in [0.15, 0.2) is 82.8 Å². The number of anilines is 1. The van der Waals surface area contributed by atoms with E-state index in [9.17, 15) is 13.2 Å². The van der Waals surface area contributed by atoms with Crippen LogP contribution in [0.4, 0.5) is 5.69 Å². The van der Waals surface area contributed by atoms with E-state index >= 15 is 0 Å². The number of ether oxygens (including phenoxy) is 1. The van der Waals surface area contributed by atoms with Gasteiger partial charge in [-0.15, -0.1) is 0 Å². The number of amides is 1. The van der Waals surface area contributed by atoms with Crippen molar-refractivity contribution in [3.63, 3.8) is 0 Å². The summed E-state index contributed by atoms with van der Waals surface area (Å²) in [7, 11) is -2.22. The van der Waals surface area contributed by atoms with Gasteiger partial charge in [0.1, 0.15) is 5.75 Å². The average molecular weight is 452 g/mol. The standard InChI is InChI=1S/C24H25N3O4S/c1-4-31-22-13-7-19(8-14-22)17-25-26-24(28)20-9-11-21(12-10-20)27(3)32(29,30)23-15-5-18(2)6-16-23/h5-17H,4H2,1-3H3,(H,26,28)/b25-17-. The molecule has 7 nitrogen and oxygen atoms in total. The summed E-state index contributed by atoms with van der Waals surface area (Å²) in [6.45, 7) is 4.40. The Balaban J connectivity index is 1.64. The number of nitrogens with one attached hydrogen (secondary N) is 1. The third-order valence-electron chi connectivity index (χ3n) is 4.74. The van der Waals surface area contributed by atoms with E-state index in [-0.39, 0.29) is 4.90 Å². The van der Waals surface area contributed by atoms with E-state index in [1.54, 1.807) is 48.5 Å². The van der Waals surface area contributed by atoms with Crippen molar-refractivity contribution >= 4 is 27.8 Å². The molecule has 0 atom stereocenters. The topological polar surface area (TPSA) is 88.1 Å². The van der Waals surface area contributed by atoms with Gasteiger partial charge in [0, 0.05) is 12.6 Å². The number of carbonyl (C=O) groups excluding carboxylic acids is 1. The third-order valence-corrected chi connectivity index (χ3v) is 6.54. The molecule has 1 N–H and O–H groups in total. The van der Waals surface area contributed by atoms with Gasteiger partial charge in [-0.2, -0.15) is 5.10 Å². The highest BCUT2D eigenvalue weighted by atomic mass is 32.2. The number of hydrogen-bond acceptors (Lipinski definition) is 5. The van der Waals surface area contributed by atoms with Gasteiger partial charge in [-0.05, 0) is 80.1 Å². The van der Waals surface area contributed by atoms with E-state index in [0.29, 0.717) is 17.9 Å². The van der Waals surface area contributed by atoms with E-state index in [0.717, 1.165) is 16.9 Å². The zero-order valence-corrected chi connectivity index (χ0v) is 19.0. The van der Waals surface area contributed by atoms with Crippen LogP contribution < -0.4 is 14.5 Å². The van der Waals surface area contributed by atoms with Crippen molar-refractivity contribution in [1.82, 2.24) is 5.43 Å². The van der Waals surface area contributed by atoms with E-state index in [1.165, 1.54) is 17.6 Å². The Morgan fingerprint density at radius 2 is 1.62 bits per heavy atom. The number of carbonyl (C=O) groups is 1. The molecule has 0 aliphatic heterocycles. The van der Waals surface area contributed by atoms with Crippen molar-refractivity contribution < 1.29 is 17.9 Å². The van der Waals surface area contributed by atoms with Gasteiger partial charge in [0.15, 0.2) is 0 Å². The Labute approximate surface area is 188 Å². The van der Waals surface area contributed by atoms with Gasteiger partial charge in [-0.3, -0.25) is 9.10 Å². The summed E-state index contributed by atoms with van der Waals surface area (Å²) in [5, 5.41) is 3.97. The predicted octanol–water partition coefficient (Wildman–Crippen LogP) is 3.98. The summed E-state index contributed by atoms with van der Waals surface area (Å²) >= 11 is 0. The molecule has 3 aromatic rings. The molecule has 3 aromatic carbocycles. The minimum absolute atomic E-state index is 0.205. The van der Waals surface area contributed by atoms with Crippen LogP contribution in [0.2, 0.25) is 0 Å². The molecule has 0 aliphatic rings. The summed E-state index contributed by atoms with van der Waals surface area (Å²) < 4.78 is 32.2. The Hall–Kier alpha value is -3.65. The molecule has 0 heterocycles. The summed E-state index contributed by atoms with van der Waals surface area (Å²) in [6.07, 6.45) is 1.53. The normalized spacial score (nSPS) is 11.3. The van der Waals surface area contributed by atoms with E-state index in [1.807, 2.05) is 38.1 Å². The van der Waals surface area contributed by atoms with Crippen LogP contribution in [0.5, 0.6) is 5.75 Å². The van der Waals surface area contributed by atoms with Crippen LogP contribution in [0.25, 0.3) is 0 Å². The summed E-state index contributed by atoms with van der Waals surface area (Å²) in [6, 6.07) is 20.2. The lowest BCUT2D eigenvalue weighted by Crippen LogP contribution is -2.26. The van der Waals surface area contributed by atoms with Crippen LogP contribution in [0.1, 0.15) is 28.4 Å². The molecule has 0 aliphatic carbocycles. The first-order valence-electron chi connectivity index (χ1n) is 10.0. The van der Waals surface area contributed by atoms with Crippen molar-refractivity contribution in [1.29, 1.82) is 0 Å². The Kier molecular flexibility index (Phi) is 7.27. The molecule has 0 unspecified atom stereocenters. The molecule has 166 valence electrons. The summed E-state index contributed by atoms with van der Waals surface area (Å²) in [5.74, 6) is 0.367. The van der Waals surface area contributed by atoms with Crippen LogP contribution >= 0.6 is 0 Å². The molecular formula is C24H25N3O4S. The monoisotopic (exact) mass is 451 g/mol. The molecule has 32 heavy (non-hydrogen) atoms. The second-order valence-electron chi connectivity index (χ2n) is 7.03. The Morgan fingerprint density at radius 1 is 1.00 bits per heavy atom. The highest BCUT2D eigenvalue weighted by molar-refractivity contribution is 7.92. The molecule has 0 spiro atoms. The highest BCUT2D eigenvalue weighted by Crippen LogP contribution is 2.22. The summed E-state index contributed by atoms with van der Waals surface area (Å²) in [4.78, 5) is 12.5. The Morgan fingerprint density at radius 3 is 2.22 bits per heavy atom. The van der Waals surface area contributed by atoms with Gasteiger partial charge in [-0.25, -0.2) is 13.8 Å². The SMILES string of the molecule is CCOc1ccc(/C=N\NC(=O)c2ccc(N(C)S(=O)(=O)c3ccc(C)cc3)cc2)cc1. The van der Waals surface area contributed by atoms with Gasteiger partial charge < -0.3 is 4.74 Å². The molecule has 0 bridgehead atoms. The van der Waals surface area contributed by atoms with Gasteiger partial charge in [0.2, 0.25) is 0 Å². The number of sulfonamides is 1. The first kappa shape index (κ1) is 23.0. The van der Waals surface area contributed by atoms with Crippen LogP contribution in [-0.2, 0) is 10.0 Å². The first-order chi connectivity index (χ1) is 15.3. The molecule has 1 amide bonds. The molecule has 0 saturated heterocycles. The Bertz CT molecular complexity index is 1190. The maximum absolute atomic E-state index is 12.8. The smallest absolute Gasteiger partial charge is 0.271 e. The third kappa shape index (κ3) is 5.53. The number of hydrogen-bond donors (Lipinski definition) is 1. The van der Waals surface area contributed by atoms with Gasteiger partial charge in [-0.1, -0.05) is 17.7 Å². The largest absolute Gasteiger partial charge is 0.494 e.